The van der Waals surface area contributed by atoms with Gasteiger partial charge < -0.3 is 14.8 Å². The highest BCUT2D eigenvalue weighted by Gasteiger charge is 2.24. The molecule has 0 saturated heterocycles. The number of rotatable bonds is 7. The molecule has 3 N–H and O–H groups in total. The molecule has 170 valence electrons. The summed E-state index contributed by atoms with van der Waals surface area (Å²) in [5.74, 6) is -1.34. The third-order valence-corrected chi connectivity index (χ3v) is 5.59. The molecular weight excluding hydrogens is 438 g/mol. The lowest BCUT2D eigenvalue weighted by Crippen LogP contribution is -2.52. The van der Waals surface area contributed by atoms with Crippen LogP contribution < -0.4 is 25.6 Å². The second-order valence-corrected chi connectivity index (χ2v) is 9.59. The Hall–Kier alpha value is -3.60. The Morgan fingerprint density at radius 3 is 2.41 bits per heavy atom. The van der Waals surface area contributed by atoms with E-state index in [1.807, 2.05) is 13.0 Å². The Morgan fingerprint density at radius 1 is 0.969 bits per heavy atom. The smallest absolute Gasteiger partial charge is 0.269 e. The van der Waals surface area contributed by atoms with Crippen molar-refractivity contribution in [3.8, 4) is 11.5 Å². The first kappa shape index (κ1) is 23.1. The zero-order valence-corrected chi connectivity index (χ0v) is 18.3. The van der Waals surface area contributed by atoms with Crippen molar-refractivity contribution >= 4 is 27.6 Å². The minimum Gasteiger partial charge on any atom is -0.454 e. The topological polar surface area (TPSA) is 140 Å². The van der Waals surface area contributed by atoms with Crippen LogP contribution in [0, 0.1) is 6.92 Å². The second kappa shape index (κ2) is 9.69. The number of benzene rings is 2. The highest BCUT2D eigenvalue weighted by atomic mass is 32.2. The SMILES string of the molecule is Cc1cccc(C(=O)N[C@@H](CCS(C)(=O)=O)C(=O)NNC(=O)c2ccc3c(c2)OCO3)c1. The van der Waals surface area contributed by atoms with Crippen molar-refractivity contribution in [3.63, 3.8) is 0 Å². The van der Waals surface area contributed by atoms with E-state index in [0.717, 1.165) is 11.8 Å². The zero-order chi connectivity index (χ0) is 23.3. The molecule has 1 aliphatic rings. The van der Waals surface area contributed by atoms with Gasteiger partial charge in [0.1, 0.15) is 15.9 Å². The summed E-state index contributed by atoms with van der Waals surface area (Å²) >= 11 is 0. The van der Waals surface area contributed by atoms with Gasteiger partial charge in [0.05, 0.1) is 5.75 Å². The van der Waals surface area contributed by atoms with Crippen molar-refractivity contribution < 1.29 is 32.3 Å². The van der Waals surface area contributed by atoms with Crippen molar-refractivity contribution in [2.75, 3.05) is 18.8 Å². The number of hydrazine groups is 1. The first-order valence-corrected chi connectivity index (χ1v) is 11.7. The van der Waals surface area contributed by atoms with E-state index in [-0.39, 0.29) is 24.5 Å². The minimum atomic E-state index is -3.38. The van der Waals surface area contributed by atoms with E-state index in [1.165, 1.54) is 12.1 Å². The summed E-state index contributed by atoms with van der Waals surface area (Å²) in [6.07, 6.45) is 0.869. The molecular formula is C21H23N3O7S. The lowest BCUT2D eigenvalue weighted by Gasteiger charge is -2.18. The van der Waals surface area contributed by atoms with Crippen molar-refractivity contribution in [3.05, 3.63) is 59.2 Å². The maximum absolute atomic E-state index is 12.6. The summed E-state index contributed by atoms with van der Waals surface area (Å²) in [5, 5.41) is 2.53. The number of carbonyl (C=O) groups is 3. The molecule has 0 unspecified atom stereocenters. The molecule has 1 heterocycles. The van der Waals surface area contributed by atoms with Crippen molar-refractivity contribution in [1.29, 1.82) is 0 Å². The number of aryl methyl sites for hydroxylation is 1. The highest BCUT2D eigenvalue weighted by Crippen LogP contribution is 2.32. The lowest BCUT2D eigenvalue weighted by molar-refractivity contribution is -0.123. The van der Waals surface area contributed by atoms with Crippen LogP contribution in [0.25, 0.3) is 0 Å². The molecule has 3 rings (SSSR count). The van der Waals surface area contributed by atoms with E-state index >= 15 is 0 Å². The van der Waals surface area contributed by atoms with Gasteiger partial charge in [-0.05, 0) is 43.7 Å². The normalized spacial score (nSPS) is 13.2. The number of carbonyl (C=O) groups excluding carboxylic acids is 3. The number of sulfone groups is 1. The Bertz CT molecular complexity index is 1150. The molecule has 32 heavy (non-hydrogen) atoms. The molecule has 10 nitrogen and oxygen atoms in total. The second-order valence-electron chi connectivity index (χ2n) is 7.33. The number of amides is 3. The van der Waals surface area contributed by atoms with Crippen molar-refractivity contribution in [2.24, 2.45) is 0 Å². The van der Waals surface area contributed by atoms with Crippen LogP contribution in [0.15, 0.2) is 42.5 Å². The molecule has 0 fully saturated rings. The standard InChI is InChI=1S/C21H23N3O7S/c1-13-4-3-5-14(10-13)19(25)22-16(8-9-32(2,28)29)21(27)24-23-20(26)15-6-7-17-18(11-15)31-12-30-17/h3-7,10-11,16H,8-9,12H2,1-2H3,(H,22,25)(H,23,26)(H,24,27)/t16-/m0/s1. The summed E-state index contributed by atoms with van der Waals surface area (Å²) in [4.78, 5) is 37.6. The van der Waals surface area contributed by atoms with Gasteiger partial charge in [0, 0.05) is 17.4 Å². The zero-order valence-electron chi connectivity index (χ0n) is 17.5. The predicted molar refractivity (Wildman–Crippen MR) is 115 cm³/mol. The van der Waals surface area contributed by atoms with Gasteiger partial charge >= 0.3 is 0 Å². The average Bonchev–Trinajstić information content (AvgIpc) is 3.21. The summed E-state index contributed by atoms with van der Waals surface area (Å²) in [5.41, 5.74) is 5.88. The fraction of sp³-hybridized carbons (Fsp3) is 0.286. The van der Waals surface area contributed by atoms with Crippen LogP contribution in [0.3, 0.4) is 0 Å². The molecule has 1 atom stereocenters. The van der Waals surface area contributed by atoms with Crippen LogP contribution in [0.5, 0.6) is 11.5 Å². The summed E-state index contributed by atoms with van der Waals surface area (Å²) in [7, 11) is -3.38. The Balaban J connectivity index is 1.65. The van der Waals surface area contributed by atoms with Gasteiger partial charge in [0.25, 0.3) is 17.7 Å². The van der Waals surface area contributed by atoms with E-state index in [2.05, 4.69) is 16.2 Å². The molecule has 2 aromatic carbocycles. The maximum Gasteiger partial charge on any atom is 0.269 e. The van der Waals surface area contributed by atoms with Gasteiger partial charge in [0.15, 0.2) is 11.5 Å². The predicted octanol–water partition coefficient (Wildman–Crippen LogP) is 0.718. The van der Waals surface area contributed by atoms with E-state index in [0.29, 0.717) is 17.1 Å². The number of ether oxygens (including phenoxy) is 2. The molecule has 0 aromatic heterocycles. The number of hydrogen-bond acceptors (Lipinski definition) is 7. The summed E-state index contributed by atoms with van der Waals surface area (Å²) in [6, 6.07) is 10.1. The molecule has 2 aromatic rings. The summed E-state index contributed by atoms with van der Waals surface area (Å²) in [6.45, 7) is 1.87. The number of hydrogen-bond donors (Lipinski definition) is 3. The fourth-order valence-electron chi connectivity index (χ4n) is 2.94. The van der Waals surface area contributed by atoms with Gasteiger partial charge in [-0.1, -0.05) is 17.7 Å². The molecule has 3 amide bonds. The van der Waals surface area contributed by atoms with Crippen LogP contribution in [-0.4, -0.2) is 51.0 Å². The first-order chi connectivity index (χ1) is 15.1. The Morgan fingerprint density at radius 2 is 1.69 bits per heavy atom. The molecule has 11 heteroatoms. The highest BCUT2D eigenvalue weighted by molar-refractivity contribution is 7.90. The van der Waals surface area contributed by atoms with E-state index in [9.17, 15) is 22.8 Å². The molecule has 0 saturated carbocycles. The van der Waals surface area contributed by atoms with Crippen LogP contribution in [0.1, 0.15) is 32.7 Å². The first-order valence-electron chi connectivity index (χ1n) is 9.67. The molecule has 0 spiro atoms. The van der Waals surface area contributed by atoms with Crippen molar-refractivity contribution in [1.82, 2.24) is 16.2 Å². The monoisotopic (exact) mass is 461 g/mol. The van der Waals surface area contributed by atoms with Crippen LogP contribution in [-0.2, 0) is 14.6 Å². The Labute approximate surface area is 185 Å². The van der Waals surface area contributed by atoms with E-state index in [4.69, 9.17) is 9.47 Å². The average molecular weight is 461 g/mol. The van der Waals surface area contributed by atoms with Gasteiger partial charge in [0.2, 0.25) is 6.79 Å². The lowest BCUT2D eigenvalue weighted by atomic mass is 10.1. The largest absolute Gasteiger partial charge is 0.454 e. The summed E-state index contributed by atoms with van der Waals surface area (Å²) < 4.78 is 33.5. The van der Waals surface area contributed by atoms with Crippen LogP contribution in [0.4, 0.5) is 0 Å². The fourth-order valence-corrected chi connectivity index (χ4v) is 3.61. The van der Waals surface area contributed by atoms with Gasteiger partial charge in [-0.25, -0.2) is 8.42 Å². The minimum absolute atomic E-state index is 0.0554. The Kier molecular flexibility index (Phi) is 6.98. The van der Waals surface area contributed by atoms with Crippen LogP contribution in [0.2, 0.25) is 0 Å². The third-order valence-electron chi connectivity index (χ3n) is 4.61. The molecule has 0 radical (unpaired) electrons. The van der Waals surface area contributed by atoms with Crippen molar-refractivity contribution in [2.45, 2.75) is 19.4 Å². The quantitative estimate of drug-likeness (QED) is 0.516. The molecule has 1 aliphatic heterocycles. The number of nitrogens with one attached hydrogen (secondary N) is 3. The third kappa shape index (κ3) is 6.20. The molecule has 0 bridgehead atoms. The van der Waals surface area contributed by atoms with E-state index < -0.39 is 33.6 Å². The van der Waals surface area contributed by atoms with E-state index in [1.54, 1.807) is 24.3 Å². The van der Waals surface area contributed by atoms with Gasteiger partial charge in [-0.3, -0.25) is 25.2 Å². The maximum atomic E-state index is 12.6. The number of fused-ring (bicyclic) bond motifs is 1. The van der Waals surface area contributed by atoms with Crippen LogP contribution >= 0.6 is 0 Å². The van der Waals surface area contributed by atoms with Gasteiger partial charge in [-0.2, -0.15) is 0 Å². The molecule has 0 aliphatic carbocycles. The van der Waals surface area contributed by atoms with Gasteiger partial charge in [-0.15, -0.1) is 0 Å².